The van der Waals surface area contributed by atoms with Gasteiger partial charge in [-0.15, -0.1) is 0 Å². The zero-order valence-corrected chi connectivity index (χ0v) is 12.5. The summed E-state index contributed by atoms with van der Waals surface area (Å²) in [4.78, 5) is 6.90. The molecule has 1 aromatic rings. The van der Waals surface area contributed by atoms with E-state index in [9.17, 15) is 0 Å². The third kappa shape index (κ3) is 4.21. The lowest BCUT2D eigenvalue weighted by Crippen LogP contribution is -2.27. The molecule has 1 N–H and O–H groups in total. The first kappa shape index (κ1) is 13.7. The van der Waals surface area contributed by atoms with E-state index >= 15 is 0 Å². The van der Waals surface area contributed by atoms with Crippen LogP contribution in [0.2, 0.25) is 0 Å². The molecule has 4 nitrogen and oxygen atoms in total. The Hall–Kier alpha value is -0.680. The second-order valence-electron chi connectivity index (χ2n) is 5.44. The van der Waals surface area contributed by atoms with Crippen LogP contribution in [0.1, 0.15) is 51.3 Å². The van der Waals surface area contributed by atoms with Crippen LogP contribution in [-0.2, 0) is 0 Å². The van der Waals surface area contributed by atoms with Crippen molar-refractivity contribution in [3.63, 3.8) is 0 Å². The molecule has 1 aliphatic rings. The van der Waals surface area contributed by atoms with Crippen molar-refractivity contribution in [1.82, 2.24) is 14.3 Å². The lowest BCUT2D eigenvalue weighted by atomic mass is 10.2. The van der Waals surface area contributed by atoms with E-state index in [0.29, 0.717) is 12.0 Å². The SMILES string of the molecule is CC(C)N(C)CCCCNc1nc(C2CC2)ns1. The standard InChI is InChI=1S/C13H24N4S/c1-10(2)17(3)9-5-4-8-14-13-15-12(16-18-13)11-6-7-11/h10-11H,4-9H2,1-3H3,(H,14,15,16). The van der Waals surface area contributed by atoms with Crippen LogP contribution < -0.4 is 5.32 Å². The zero-order chi connectivity index (χ0) is 13.0. The fourth-order valence-corrected chi connectivity index (χ4v) is 2.42. The maximum Gasteiger partial charge on any atom is 0.202 e. The summed E-state index contributed by atoms with van der Waals surface area (Å²) in [6.45, 7) is 6.64. The van der Waals surface area contributed by atoms with Crippen LogP contribution in [0.15, 0.2) is 0 Å². The third-order valence-corrected chi connectivity index (χ3v) is 4.17. The summed E-state index contributed by atoms with van der Waals surface area (Å²) >= 11 is 1.50. The van der Waals surface area contributed by atoms with Gasteiger partial charge in [-0.3, -0.25) is 0 Å². The van der Waals surface area contributed by atoms with Crippen molar-refractivity contribution < 1.29 is 0 Å². The Morgan fingerprint density at radius 2 is 2.17 bits per heavy atom. The molecule has 18 heavy (non-hydrogen) atoms. The first-order chi connectivity index (χ1) is 8.66. The van der Waals surface area contributed by atoms with Gasteiger partial charge in [0.15, 0.2) is 0 Å². The zero-order valence-electron chi connectivity index (χ0n) is 11.6. The minimum Gasteiger partial charge on any atom is -0.360 e. The molecule has 1 aromatic heterocycles. The Labute approximate surface area is 114 Å². The monoisotopic (exact) mass is 268 g/mol. The molecule has 0 amide bonds. The summed E-state index contributed by atoms with van der Waals surface area (Å²) in [6.07, 6.45) is 4.97. The largest absolute Gasteiger partial charge is 0.360 e. The number of nitrogens with zero attached hydrogens (tertiary/aromatic N) is 3. The molecule has 0 saturated heterocycles. The minimum absolute atomic E-state index is 0.641. The number of hydrogen-bond donors (Lipinski definition) is 1. The highest BCUT2D eigenvalue weighted by molar-refractivity contribution is 7.09. The van der Waals surface area contributed by atoms with Crippen LogP contribution in [-0.4, -0.2) is 40.4 Å². The van der Waals surface area contributed by atoms with Crippen molar-refractivity contribution in [3.8, 4) is 0 Å². The molecule has 0 atom stereocenters. The molecule has 1 fully saturated rings. The van der Waals surface area contributed by atoms with E-state index in [1.54, 1.807) is 0 Å². The number of anilines is 1. The minimum atomic E-state index is 0.641. The summed E-state index contributed by atoms with van der Waals surface area (Å²) < 4.78 is 4.39. The Balaban J connectivity index is 1.57. The van der Waals surface area contributed by atoms with Crippen molar-refractivity contribution >= 4 is 16.7 Å². The molecule has 102 valence electrons. The predicted molar refractivity (Wildman–Crippen MR) is 77.4 cm³/mol. The molecule has 0 aliphatic heterocycles. The fourth-order valence-electron chi connectivity index (χ4n) is 1.75. The van der Waals surface area contributed by atoms with Gasteiger partial charge in [0.25, 0.3) is 0 Å². The molecule has 0 spiro atoms. The van der Waals surface area contributed by atoms with Crippen LogP contribution in [0.4, 0.5) is 5.13 Å². The average molecular weight is 268 g/mol. The molecular weight excluding hydrogens is 244 g/mol. The average Bonchev–Trinajstić information content (AvgIpc) is 3.09. The summed E-state index contributed by atoms with van der Waals surface area (Å²) in [5.41, 5.74) is 0. The molecular formula is C13H24N4S. The van der Waals surface area contributed by atoms with Crippen molar-refractivity contribution in [2.24, 2.45) is 0 Å². The molecule has 1 saturated carbocycles. The molecule has 0 aromatic carbocycles. The van der Waals surface area contributed by atoms with Gasteiger partial charge in [0, 0.05) is 30.0 Å². The second-order valence-corrected chi connectivity index (χ2v) is 6.19. The maximum absolute atomic E-state index is 4.52. The van der Waals surface area contributed by atoms with Crippen molar-refractivity contribution in [3.05, 3.63) is 5.82 Å². The highest BCUT2D eigenvalue weighted by Crippen LogP contribution is 2.39. The van der Waals surface area contributed by atoms with E-state index in [2.05, 4.69) is 40.5 Å². The number of aromatic nitrogens is 2. The summed E-state index contributed by atoms with van der Waals surface area (Å²) in [5, 5.41) is 4.37. The van der Waals surface area contributed by atoms with E-state index in [1.807, 2.05) is 0 Å². The molecule has 0 radical (unpaired) electrons. The summed E-state index contributed by atoms with van der Waals surface area (Å²) in [7, 11) is 2.19. The van der Waals surface area contributed by atoms with Gasteiger partial charge >= 0.3 is 0 Å². The van der Waals surface area contributed by atoms with Crippen molar-refractivity contribution in [1.29, 1.82) is 0 Å². The van der Waals surface area contributed by atoms with Crippen LogP contribution in [0.25, 0.3) is 0 Å². The van der Waals surface area contributed by atoms with Crippen molar-refractivity contribution in [2.45, 2.75) is 51.5 Å². The first-order valence-electron chi connectivity index (χ1n) is 6.94. The number of hydrogen-bond acceptors (Lipinski definition) is 5. The number of nitrogens with one attached hydrogen (secondary N) is 1. The van der Waals surface area contributed by atoms with Gasteiger partial charge in [0.05, 0.1) is 0 Å². The smallest absolute Gasteiger partial charge is 0.202 e. The van der Waals surface area contributed by atoms with Gasteiger partial charge < -0.3 is 10.2 Å². The van der Waals surface area contributed by atoms with Crippen LogP contribution in [0, 0.1) is 0 Å². The van der Waals surface area contributed by atoms with Crippen LogP contribution >= 0.6 is 11.5 Å². The lowest BCUT2D eigenvalue weighted by molar-refractivity contribution is 0.269. The normalized spacial score (nSPS) is 15.6. The Morgan fingerprint density at radius 3 is 2.83 bits per heavy atom. The van der Waals surface area contributed by atoms with Gasteiger partial charge in [-0.1, -0.05) is 0 Å². The first-order valence-corrected chi connectivity index (χ1v) is 7.72. The molecule has 1 aliphatic carbocycles. The van der Waals surface area contributed by atoms with Gasteiger partial charge in [-0.05, 0) is 53.1 Å². The Morgan fingerprint density at radius 1 is 1.39 bits per heavy atom. The van der Waals surface area contributed by atoms with Gasteiger partial charge in [-0.2, -0.15) is 4.37 Å². The van der Waals surface area contributed by atoms with Crippen LogP contribution in [0.5, 0.6) is 0 Å². The second kappa shape index (κ2) is 6.48. The molecule has 1 heterocycles. The van der Waals surface area contributed by atoms with Gasteiger partial charge in [0.1, 0.15) is 5.82 Å². The van der Waals surface area contributed by atoms with E-state index < -0.39 is 0 Å². The number of rotatable bonds is 8. The highest BCUT2D eigenvalue weighted by Gasteiger charge is 2.27. The van der Waals surface area contributed by atoms with Gasteiger partial charge in [0.2, 0.25) is 5.13 Å². The topological polar surface area (TPSA) is 41.0 Å². The summed E-state index contributed by atoms with van der Waals surface area (Å²) in [5.74, 6) is 1.72. The van der Waals surface area contributed by atoms with Crippen molar-refractivity contribution in [2.75, 3.05) is 25.5 Å². The Bertz CT molecular complexity index is 360. The third-order valence-electron chi connectivity index (χ3n) is 3.48. The highest BCUT2D eigenvalue weighted by atomic mass is 32.1. The maximum atomic E-state index is 4.52. The summed E-state index contributed by atoms with van der Waals surface area (Å²) in [6, 6.07) is 0.641. The van der Waals surface area contributed by atoms with E-state index in [4.69, 9.17) is 0 Å². The van der Waals surface area contributed by atoms with E-state index in [1.165, 1.54) is 43.8 Å². The molecule has 5 heteroatoms. The van der Waals surface area contributed by atoms with Crippen LogP contribution in [0.3, 0.4) is 0 Å². The molecule has 0 bridgehead atoms. The van der Waals surface area contributed by atoms with E-state index in [0.717, 1.165) is 17.5 Å². The van der Waals surface area contributed by atoms with E-state index in [-0.39, 0.29) is 0 Å². The molecule has 0 unspecified atom stereocenters. The quantitative estimate of drug-likeness (QED) is 0.736. The predicted octanol–water partition coefficient (Wildman–Crippen LogP) is 2.95. The van der Waals surface area contributed by atoms with Gasteiger partial charge in [-0.25, -0.2) is 4.98 Å². The number of unbranched alkanes of at least 4 members (excludes halogenated alkanes) is 1. The lowest BCUT2D eigenvalue weighted by Gasteiger charge is -2.20. The fraction of sp³-hybridized carbons (Fsp3) is 0.846. The molecule has 2 rings (SSSR count). The Kier molecular flexibility index (Phi) is 4.95.